The second-order valence-corrected chi connectivity index (χ2v) is 6.29. The molecule has 2 aliphatic heterocycles. The molecule has 9 nitrogen and oxygen atoms in total. The number of ether oxygens (including phenoxy) is 2. The van der Waals surface area contributed by atoms with E-state index in [2.05, 4.69) is 15.3 Å². The molecule has 26 heavy (non-hydrogen) atoms. The van der Waals surface area contributed by atoms with Crippen molar-refractivity contribution in [3.8, 4) is 0 Å². The minimum absolute atomic E-state index is 0.126. The van der Waals surface area contributed by atoms with E-state index >= 15 is 0 Å². The van der Waals surface area contributed by atoms with Gasteiger partial charge in [-0.25, -0.2) is 14.8 Å². The lowest BCUT2D eigenvalue weighted by Crippen LogP contribution is -2.50. The summed E-state index contributed by atoms with van der Waals surface area (Å²) in [4.78, 5) is 36.0. The van der Waals surface area contributed by atoms with Crippen molar-refractivity contribution in [3.05, 3.63) is 18.0 Å². The van der Waals surface area contributed by atoms with E-state index < -0.39 is 0 Å². The number of piperazine rings is 1. The lowest BCUT2D eigenvalue weighted by Gasteiger charge is -2.33. The molecule has 2 fully saturated rings. The van der Waals surface area contributed by atoms with Crippen LogP contribution in [-0.2, 0) is 9.47 Å². The van der Waals surface area contributed by atoms with Crippen molar-refractivity contribution in [1.29, 1.82) is 0 Å². The summed E-state index contributed by atoms with van der Waals surface area (Å²) in [5.74, 6) is 0.364. The Kier molecular flexibility index (Phi) is 6.21. The van der Waals surface area contributed by atoms with Crippen molar-refractivity contribution in [2.45, 2.75) is 25.9 Å². The first-order valence-corrected chi connectivity index (χ1v) is 9.06. The Labute approximate surface area is 152 Å². The molecule has 0 radical (unpaired) electrons. The molecule has 2 saturated heterocycles. The van der Waals surface area contributed by atoms with Gasteiger partial charge in [0, 0.05) is 51.7 Å². The summed E-state index contributed by atoms with van der Waals surface area (Å²) in [6, 6.07) is 0. The molecule has 0 saturated carbocycles. The van der Waals surface area contributed by atoms with Gasteiger partial charge in [-0.1, -0.05) is 0 Å². The molecule has 2 aliphatic rings. The monoisotopic (exact) mass is 363 g/mol. The van der Waals surface area contributed by atoms with Crippen LogP contribution in [0.4, 0.5) is 10.7 Å². The van der Waals surface area contributed by atoms with Crippen molar-refractivity contribution in [2.24, 2.45) is 0 Å². The van der Waals surface area contributed by atoms with E-state index in [0.29, 0.717) is 50.8 Å². The molecule has 3 rings (SSSR count). The van der Waals surface area contributed by atoms with Gasteiger partial charge in [0.2, 0.25) is 5.95 Å². The lowest BCUT2D eigenvalue weighted by atomic mass is 10.2. The molecule has 1 N–H and O–H groups in total. The zero-order valence-electron chi connectivity index (χ0n) is 15.0. The second kappa shape index (κ2) is 8.79. The number of anilines is 1. The smallest absolute Gasteiger partial charge is 0.409 e. The van der Waals surface area contributed by atoms with Crippen LogP contribution in [0.3, 0.4) is 0 Å². The summed E-state index contributed by atoms with van der Waals surface area (Å²) in [6.45, 7) is 5.47. The highest BCUT2D eigenvalue weighted by Gasteiger charge is 2.25. The van der Waals surface area contributed by atoms with Crippen LogP contribution in [0.25, 0.3) is 0 Å². The first-order valence-electron chi connectivity index (χ1n) is 9.06. The first-order chi connectivity index (χ1) is 12.7. The average Bonchev–Trinajstić information content (AvgIpc) is 3.20. The van der Waals surface area contributed by atoms with Gasteiger partial charge < -0.3 is 24.6 Å². The van der Waals surface area contributed by atoms with Crippen molar-refractivity contribution in [2.75, 3.05) is 51.3 Å². The fourth-order valence-corrected chi connectivity index (χ4v) is 3.03. The topological polar surface area (TPSA) is 96.9 Å². The van der Waals surface area contributed by atoms with Crippen molar-refractivity contribution >= 4 is 17.9 Å². The van der Waals surface area contributed by atoms with Crippen LogP contribution in [-0.4, -0.2) is 83.8 Å². The van der Waals surface area contributed by atoms with Gasteiger partial charge in [-0.05, 0) is 19.8 Å². The van der Waals surface area contributed by atoms with Crippen molar-refractivity contribution in [3.63, 3.8) is 0 Å². The van der Waals surface area contributed by atoms with Crippen LogP contribution in [0.5, 0.6) is 0 Å². The third-order valence-electron chi connectivity index (χ3n) is 4.50. The summed E-state index contributed by atoms with van der Waals surface area (Å²) in [5, 5.41) is 3.13. The highest BCUT2D eigenvalue weighted by molar-refractivity contribution is 5.93. The standard InChI is InChI=1S/C17H25N5O4/c1-2-25-17(24)22-7-5-21(6-8-22)15(23)13-10-18-16(19-11-13)20-12-14-4-3-9-26-14/h10-11,14H,2-9,12H2,1H3,(H,18,19,20). The van der Waals surface area contributed by atoms with Gasteiger partial charge in [0.25, 0.3) is 5.91 Å². The number of hydrogen-bond acceptors (Lipinski definition) is 7. The Balaban J connectivity index is 1.48. The number of nitrogens with one attached hydrogen (secondary N) is 1. The van der Waals surface area contributed by atoms with Crippen LogP contribution in [0, 0.1) is 0 Å². The van der Waals surface area contributed by atoms with E-state index in [0.717, 1.165) is 19.4 Å². The van der Waals surface area contributed by atoms with Crippen LogP contribution in [0.2, 0.25) is 0 Å². The van der Waals surface area contributed by atoms with Crippen molar-refractivity contribution < 1.29 is 19.1 Å². The van der Waals surface area contributed by atoms with Crippen LogP contribution in [0.1, 0.15) is 30.1 Å². The quantitative estimate of drug-likeness (QED) is 0.833. The van der Waals surface area contributed by atoms with E-state index in [1.807, 2.05) is 0 Å². The Bertz CT molecular complexity index is 610. The van der Waals surface area contributed by atoms with Gasteiger partial charge in [-0.3, -0.25) is 4.79 Å². The molecule has 1 unspecified atom stereocenters. The molecular weight excluding hydrogens is 338 g/mol. The maximum Gasteiger partial charge on any atom is 0.409 e. The van der Waals surface area contributed by atoms with Crippen LogP contribution < -0.4 is 5.32 Å². The molecule has 0 bridgehead atoms. The summed E-state index contributed by atoms with van der Waals surface area (Å²) >= 11 is 0. The SMILES string of the molecule is CCOC(=O)N1CCN(C(=O)c2cnc(NCC3CCCO3)nc2)CC1. The fourth-order valence-electron chi connectivity index (χ4n) is 3.03. The fraction of sp³-hybridized carbons (Fsp3) is 0.647. The molecule has 2 amide bonds. The maximum atomic E-state index is 12.6. The zero-order valence-corrected chi connectivity index (χ0v) is 15.0. The van der Waals surface area contributed by atoms with Gasteiger partial charge in [0.1, 0.15) is 0 Å². The maximum absolute atomic E-state index is 12.6. The minimum Gasteiger partial charge on any atom is -0.450 e. The van der Waals surface area contributed by atoms with Gasteiger partial charge >= 0.3 is 6.09 Å². The van der Waals surface area contributed by atoms with E-state index in [1.165, 1.54) is 12.4 Å². The number of rotatable bonds is 5. The Morgan fingerprint density at radius 2 is 1.92 bits per heavy atom. The highest BCUT2D eigenvalue weighted by Crippen LogP contribution is 2.13. The summed E-state index contributed by atoms with van der Waals surface area (Å²) < 4.78 is 10.5. The third kappa shape index (κ3) is 4.60. The molecule has 142 valence electrons. The summed E-state index contributed by atoms with van der Waals surface area (Å²) in [7, 11) is 0. The molecule has 1 atom stereocenters. The molecule has 0 aromatic carbocycles. The summed E-state index contributed by atoms with van der Waals surface area (Å²) in [6.07, 6.45) is 5.07. The second-order valence-electron chi connectivity index (χ2n) is 6.29. The van der Waals surface area contributed by atoms with Crippen LogP contribution in [0.15, 0.2) is 12.4 Å². The van der Waals surface area contributed by atoms with Gasteiger partial charge in [-0.15, -0.1) is 0 Å². The Morgan fingerprint density at radius 3 is 2.54 bits per heavy atom. The minimum atomic E-state index is -0.329. The number of amides is 2. The number of hydrogen-bond donors (Lipinski definition) is 1. The molecular formula is C17H25N5O4. The predicted octanol–water partition coefficient (Wildman–Crippen LogP) is 0.982. The highest BCUT2D eigenvalue weighted by atomic mass is 16.6. The van der Waals surface area contributed by atoms with Crippen LogP contribution >= 0.6 is 0 Å². The number of nitrogens with zero attached hydrogens (tertiary/aromatic N) is 4. The average molecular weight is 363 g/mol. The number of aromatic nitrogens is 2. The van der Waals surface area contributed by atoms with E-state index in [9.17, 15) is 9.59 Å². The molecule has 1 aromatic rings. The molecule has 9 heteroatoms. The predicted molar refractivity (Wildman–Crippen MR) is 94.0 cm³/mol. The normalized spacial score (nSPS) is 20.1. The van der Waals surface area contributed by atoms with E-state index in [4.69, 9.17) is 9.47 Å². The van der Waals surface area contributed by atoms with Gasteiger partial charge in [0.05, 0.1) is 18.3 Å². The molecule has 0 aliphatic carbocycles. The zero-order chi connectivity index (χ0) is 18.4. The van der Waals surface area contributed by atoms with E-state index in [1.54, 1.807) is 16.7 Å². The van der Waals surface area contributed by atoms with E-state index in [-0.39, 0.29) is 18.1 Å². The lowest BCUT2D eigenvalue weighted by molar-refractivity contribution is 0.0570. The molecule has 3 heterocycles. The first kappa shape index (κ1) is 18.4. The number of carbonyl (C=O) groups excluding carboxylic acids is 2. The van der Waals surface area contributed by atoms with Gasteiger partial charge in [-0.2, -0.15) is 0 Å². The largest absolute Gasteiger partial charge is 0.450 e. The molecule has 1 aromatic heterocycles. The third-order valence-corrected chi connectivity index (χ3v) is 4.50. The molecule has 0 spiro atoms. The number of carbonyl (C=O) groups is 2. The van der Waals surface area contributed by atoms with Crippen molar-refractivity contribution in [1.82, 2.24) is 19.8 Å². The Hall–Kier alpha value is -2.42. The Morgan fingerprint density at radius 1 is 1.23 bits per heavy atom. The van der Waals surface area contributed by atoms with Gasteiger partial charge in [0.15, 0.2) is 0 Å². The summed E-state index contributed by atoms with van der Waals surface area (Å²) in [5.41, 5.74) is 0.442.